The predicted molar refractivity (Wildman–Crippen MR) is 181 cm³/mol. The first-order chi connectivity index (χ1) is 19.1. The minimum atomic E-state index is 0.765. The molecule has 1 nitrogen and oxygen atoms in total. The van der Waals surface area contributed by atoms with E-state index in [0.717, 1.165) is 17.9 Å². The fourth-order valence-electron chi connectivity index (χ4n) is 6.09. The Morgan fingerprint density at radius 2 is 0.590 bits per heavy atom. The third-order valence-electron chi connectivity index (χ3n) is 8.97. The minimum Gasteiger partial charge on any atom is -0.314 e. The van der Waals surface area contributed by atoms with Gasteiger partial charge in [-0.3, -0.25) is 0 Å². The fourth-order valence-corrected chi connectivity index (χ4v) is 6.09. The zero-order chi connectivity index (χ0) is 28.7. The molecular formula is C38H79N. The second-order valence-corrected chi connectivity index (χ2v) is 14.1. The van der Waals surface area contributed by atoms with E-state index in [9.17, 15) is 0 Å². The number of nitrogens with one attached hydrogen (secondary N) is 1. The summed E-state index contributed by atoms with van der Waals surface area (Å²) in [6, 6.07) is 0.765. The van der Waals surface area contributed by atoms with E-state index < -0.39 is 0 Å². The summed E-state index contributed by atoms with van der Waals surface area (Å²) in [5, 5.41) is 3.87. The van der Waals surface area contributed by atoms with Crippen molar-refractivity contribution in [3.05, 3.63) is 0 Å². The van der Waals surface area contributed by atoms with Gasteiger partial charge < -0.3 is 5.32 Å². The molecule has 0 rings (SSSR count). The van der Waals surface area contributed by atoms with Gasteiger partial charge in [0.05, 0.1) is 0 Å². The van der Waals surface area contributed by atoms with Gasteiger partial charge in [-0.2, -0.15) is 0 Å². The van der Waals surface area contributed by atoms with Crippen LogP contribution >= 0.6 is 0 Å². The van der Waals surface area contributed by atoms with Crippen LogP contribution in [-0.4, -0.2) is 12.6 Å². The average molecular weight is 550 g/mol. The van der Waals surface area contributed by atoms with Gasteiger partial charge in [-0.25, -0.2) is 0 Å². The van der Waals surface area contributed by atoms with E-state index in [2.05, 4.69) is 39.9 Å². The Balaban J connectivity index is 3.27. The van der Waals surface area contributed by atoms with Crippen LogP contribution in [0.15, 0.2) is 0 Å². The SMILES string of the molecule is CCC(CCCCCCCCCCCCCCC(C)C)NCCCCCCCCCCCCCCCC(C)C. The summed E-state index contributed by atoms with van der Waals surface area (Å²) in [5.41, 5.74) is 0. The van der Waals surface area contributed by atoms with Crippen LogP contribution in [0.4, 0.5) is 0 Å². The molecule has 0 aromatic rings. The predicted octanol–water partition coefficient (Wildman–Crippen LogP) is 13.6. The molecule has 1 unspecified atom stereocenters. The van der Waals surface area contributed by atoms with E-state index in [1.54, 1.807) is 0 Å². The van der Waals surface area contributed by atoms with Gasteiger partial charge >= 0.3 is 0 Å². The zero-order valence-corrected chi connectivity index (χ0v) is 28.4. The smallest absolute Gasteiger partial charge is 0.00644 e. The zero-order valence-electron chi connectivity index (χ0n) is 28.4. The lowest BCUT2D eigenvalue weighted by Crippen LogP contribution is -2.29. The van der Waals surface area contributed by atoms with E-state index >= 15 is 0 Å². The van der Waals surface area contributed by atoms with E-state index in [1.807, 2.05) is 0 Å². The Kier molecular flexibility index (Phi) is 32.4. The topological polar surface area (TPSA) is 12.0 Å². The van der Waals surface area contributed by atoms with Crippen molar-refractivity contribution in [3.8, 4) is 0 Å². The molecule has 0 bridgehead atoms. The van der Waals surface area contributed by atoms with Crippen molar-refractivity contribution in [1.29, 1.82) is 0 Å². The highest BCUT2D eigenvalue weighted by molar-refractivity contribution is 4.65. The maximum Gasteiger partial charge on any atom is 0.00644 e. The van der Waals surface area contributed by atoms with Crippen LogP contribution in [0, 0.1) is 11.8 Å². The number of hydrogen-bond donors (Lipinski definition) is 1. The highest BCUT2D eigenvalue weighted by atomic mass is 14.9. The minimum absolute atomic E-state index is 0.765. The summed E-state index contributed by atoms with van der Waals surface area (Å²) in [4.78, 5) is 0. The maximum absolute atomic E-state index is 3.87. The van der Waals surface area contributed by atoms with Crippen molar-refractivity contribution in [2.24, 2.45) is 11.8 Å². The summed E-state index contributed by atoms with van der Waals surface area (Å²) in [5.74, 6) is 1.78. The molecule has 0 aliphatic heterocycles. The highest BCUT2D eigenvalue weighted by Gasteiger charge is 2.05. The monoisotopic (exact) mass is 550 g/mol. The quantitative estimate of drug-likeness (QED) is 0.0802. The van der Waals surface area contributed by atoms with Gasteiger partial charge in [0.15, 0.2) is 0 Å². The summed E-state index contributed by atoms with van der Waals surface area (Å²) < 4.78 is 0. The molecule has 0 spiro atoms. The van der Waals surface area contributed by atoms with Crippen molar-refractivity contribution in [1.82, 2.24) is 5.32 Å². The molecule has 0 fully saturated rings. The van der Waals surface area contributed by atoms with E-state index in [4.69, 9.17) is 0 Å². The summed E-state index contributed by atoms with van der Waals surface area (Å²) >= 11 is 0. The molecule has 1 heteroatoms. The number of rotatable bonds is 33. The van der Waals surface area contributed by atoms with Gasteiger partial charge in [0.25, 0.3) is 0 Å². The summed E-state index contributed by atoms with van der Waals surface area (Å²) in [6.45, 7) is 13.0. The van der Waals surface area contributed by atoms with Gasteiger partial charge in [-0.1, -0.05) is 202 Å². The van der Waals surface area contributed by atoms with Crippen LogP contribution < -0.4 is 5.32 Å². The average Bonchev–Trinajstić information content (AvgIpc) is 2.91. The van der Waals surface area contributed by atoms with Crippen molar-refractivity contribution < 1.29 is 0 Å². The van der Waals surface area contributed by atoms with Crippen molar-refractivity contribution >= 4 is 0 Å². The van der Waals surface area contributed by atoms with Crippen molar-refractivity contribution in [3.63, 3.8) is 0 Å². The van der Waals surface area contributed by atoms with Gasteiger partial charge in [-0.15, -0.1) is 0 Å². The van der Waals surface area contributed by atoms with Gasteiger partial charge in [-0.05, 0) is 37.6 Å². The molecule has 0 aromatic heterocycles. The molecule has 0 amide bonds. The summed E-state index contributed by atoms with van der Waals surface area (Å²) in [6.07, 6.45) is 42.1. The van der Waals surface area contributed by atoms with Crippen LogP contribution in [0.1, 0.15) is 221 Å². The summed E-state index contributed by atoms with van der Waals surface area (Å²) in [7, 11) is 0. The highest BCUT2D eigenvalue weighted by Crippen LogP contribution is 2.16. The fraction of sp³-hybridized carbons (Fsp3) is 1.00. The van der Waals surface area contributed by atoms with Gasteiger partial charge in [0.2, 0.25) is 0 Å². The third kappa shape index (κ3) is 34.1. The molecule has 1 atom stereocenters. The van der Waals surface area contributed by atoms with Crippen LogP contribution in [0.5, 0.6) is 0 Å². The lowest BCUT2D eigenvalue weighted by atomic mass is 10.0. The lowest BCUT2D eigenvalue weighted by molar-refractivity contribution is 0.431. The normalized spacial score (nSPS) is 12.7. The first-order valence-electron chi connectivity index (χ1n) is 18.8. The first-order valence-corrected chi connectivity index (χ1v) is 18.8. The maximum atomic E-state index is 3.87. The molecule has 39 heavy (non-hydrogen) atoms. The number of unbranched alkanes of at least 4 members (excludes halogenated alkanes) is 23. The largest absolute Gasteiger partial charge is 0.314 e. The molecule has 0 aromatic carbocycles. The molecule has 1 N–H and O–H groups in total. The molecule has 0 aliphatic rings. The molecule has 236 valence electrons. The second kappa shape index (κ2) is 32.5. The molecule has 0 saturated carbocycles. The van der Waals surface area contributed by atoms with Crippen molar-refractivity contribution in [2.45, 2.75) is 227 Å². The molecule has 0 aliphatic carbocycles. The second-order valence-electron chi connectivity index (χ2n) is 14.1. The molecule has 0 heterocycles. The van der Waals surface area contributed by atoms with E-state index in [0.29, 0.717) is 0 Å². The van der Waals surface area contributed by atoms with Crippen LogP contribution in [0.3, 0.4) is 0 Å². The first kappa shape index (κ1) is 39.0. The Morgan fingerprint density at radius 1 is 0.333 bits per heavy atom. The van der Waals surface area contributed by atoms with Crippen molar-refractivity contribution in [2.75, 3.05) is 6.54 Å². The van der Waals surface area contributed by atoms with Gasteiger partial charge in [0, 0.05) is 6.04 Å². The Morgan fingerprint density at radius 3 is 0.872 bits per heavy atom. The molecular weight excluding hydrogens is 470 g/mol. The molecule has 0 saturated heterocycles. The van der Waals surface area contributed by atoms with E-state index in [1.165, 1.54) is 193 Å². The van der Waals surface area contributed by atoms with Crippen LogP contribution in [0.2, 0.25) is 0 Å². The Labute approximate surface area is 250 Å². The third-order valence-corrected chi connectivity index (χ3v) is 8.97. The Bertz CT molecular complexity index is 428. The van der Waals surface area contributed by atoms with Gasteiger partial charge in [0.1, 0.15) is 0 Å². The van der Waals surface area contributed by atoms with E-state index in [-0.39, 0.29) is 0 Å². The van der Waals surface area contributed by atoms with Crippen LogP contribution in [-0.2, 0) is 0 Å². The number of hydrogen-bond acceptors (Lipinski definition) is 1. The lowest BCUT2D eigenvalue weighted by Gasteiger charge is -2.17. The van der Waals surface area contributed by atoms with Crippen LogP contribution in [0.25, 0.3) is 0 Å². The standard InChI is InChI=1S/C38H79N/c1-6-38(34-30-26-22-18-14-10-9-13-17-21-25-29-33-37(4)5)39-35-31-27-23-19-15-11-7-8-12-16-20-24-28-32-36(2)3/h36-39H,6-35H2,1-5H3. The molecule has 0 radical (unpaired) electrons. The Hall–Kier alpha value is -0.0400.